The Labute approximate surface area is 87.8 Å². The van der Waals surface area contributed by atoms with Crippen LogP contribution in [0.3, 0.4) is 0 Å². The van der Waals surface area contributed by atoms with Gasteiger partial charge >= 0.3 is 12.2 Å². The van der Waals surface area contributed by atoms with Gasteiger partial charge in [-0.1, -0.05) is 0 Å². The van der Waals surface area contributed by atoms with Gasteiger partial charge in [0.2, 0.25) is 5.82 Å². The zero-order chi connectivity index (χ0) is 11.9. The molecule has 6 nitrogen and oxygen atoms in total. The summed E-state index contributed by atoms with van der Waals surface area (Å²) in [6, 6.07) is -0.678. The van der Waals surface area contributed by atoms with E-state index >= 15 is 0 Å². The first-order valence-electron chi connectivity index (χ1n) is 4.43. The molecule has 0 saturated heterocycles. The standard InChI is InChI=1S/C7H8F3N5O/c8-7(9,10)5-13-12-4-3-14(6(11)16)1-2-15(4)5/h1-3H2,(H2,11,16). The Hall–Kier alpha value is -1.80. The van der Waals surface area contributed by atoms with Gasteiger partial charge < -0.3 is 15.2 Å². The molecule has 0 atom stereocenters. The average Bonchev–Trinajstić information content (AvgIpc) is 2.58. The number of primary amides is 1. The maximum atomic E-state index is 12.4. The number of rotatable bonds is 0. The molecule has 1 aromatic rings. The minimum absolute atomic E-state index is 0.000116. The number of halogens is 3. The van der Waals surface area contributed by atoms with Crippen LogP contribution < -0.4 is 5.73 Å². The topological polar surface area (TPSA) is 77.0 Å². The van der Waals surface area contributed by atoms with Crippen molar-refractivity contribution in [3.05, 3.63) is 11.6 Å². The van der Waals surface area contributed by atoms with Gasteiger partial charge in [-0.15, -0.1) is 10.2 Å². The van der Waals surface area contributed by atoms with Crippen LogP contribution in [-0.2, 0) is 19.3 Å². The van der Waals surface area contributed by atoms with Gasteiger partial charge in [0.15, 0.2) is 5.82 Å². The van der Waals surface area contributed by atoms with E-state index in [4.69, 9.17) is 5.73 Å². The maximum absolute atomic E-state index is 12.4. The van der Waals surface area contributed by atoms with Crippen molar-refractivity contribution in [1.82, 2.24) is 19.7 Å². The number of nitrogens with zero attached hydrogens (tertiary/aromatic N) is 4. The number of hydrogen-bond acceptors (Lipinski definition) is 3. The molecule has 0 saturated carbocycles. The lowest BCUT2D eigenvalue weighted by molar-refractivity contribution is -0.147. The van der Waals surface area contributed by atoms with Gasteiger partial charge in [0.1, 0.15) is 0 Å². The fraction of sp³-hybridized carbons (Fsp3) is 0.571. The van der Waals surface area contributed by atoms with E-state index < -0.39 is 18.0 Å². The SMILES string of the molecule is NC(=O)N1CCn2c(nnc2C(F)(F)F)C1. The number of nitrogens with two attached hydrogens (primary N) is 1. The zero-order valence-electron chi connectivity index (χ0n) is 8.03. The molecule has 9 heteroatoms. The van der Waals surface area contributed by atoms with Gasteiger partial charge in [0.25, 0.3) is 0 Å². The Bertz CT molecular complexity index is 426. The van der Waals surface area contributed by atoms with Crippen molar-refractivity contribution in [2.45, 2.75) is 19.3 Å². The molecule has 2 N–H and O–H groups in total. The molecule has 0 aromatic carbocycles. The summed E-state index contributed by atoms with van der Waals surface area (Å²) in [5.74, 6) is -0.941. The number of carbonyl (C=O) groups excluding carboxylic acids is 1. The predicted molar refractivity (Wildman–Crippen MR) is 45.0 cm³/mol. The van der Waals surface area contributed by atoms with Crippen molar-refractivity contribution in [2.24, 2.45) is 5.73 Å². The number of carbonyl (C=O) groups is 1. The lowest BCUT2D eigenvalue weighted by Crippen LogP contribution is -2.42. The lowest BCUT2D eigenvalue weighted by Gasteiger charge is -2.26. The first-order chi connectivity index (χ1) is 7.39. The minimum Gasteiger partial charge on any atom is -0.351 e. The summed E-state index contributed by atoms with van der Waals surface area (Å²) in [4.78, 5) is 12.0. The smallest absolute Gasteiger partial charge is 0.351 e. The van der Waals surface area contributed by atoms with Crippen LogP contribution in [0.5, 0.6) is 0 Å². The fourth-order valence-corrected chi connectivity index (χ4v) is 1.56. The summed E-state index contributed by atoms with van der Waals surface area (Å²) >= 11 is 0. The van der Waals surface area contributed by atoms with Crippen LogP contribution in [0, 0.1) is 0 Å². The van der Waals surface area contributed by atoms with E-state index in [1.807, 2.05) is 0 Å². The zero-order valence-corrected chi connectivity index (χ0v) is 8.03. The first kappa shape index (κ1) is 10.7. The van der Waals surface area contributed by atoms with Gasteiger partial charge in [-0.3, -0.25) is 0 Å². The fourth-order valence-electron chi connectivity index (χ4n) is 1.56. The number of amides is 2. The molecular formula is C7H8F3N5O. The number of fused-ring (bicyclic) bond motifs is 1. The summed E-state index contributed by atoms with van der Waals surface area (Å²) in [5.41, 5.74) is 5.02. The van der Waals surface area contributed by atoms with E-state index in [0.717, 1.165) is 4.57 Å². The van der Waals surface area contributed by atoms with Gasteiger partial charge in [0, 0.05) is 13.1 Å². The van der Waals surface area contributed by atoms with Crippen LogP contribution in [0.25, 0.3) is 0 Å². The normalized spacial score (nSPS) is 16.1. The van der Waals surface area contributed by atoms with Crippen LogP contribution >= 0.6 is 0 Å². The predicted octanol–water partition coefficient (Wildman–Crippen LogP) is 0.191. The highest BCUT2D eigenvalue weighted by atomic mass is 19.4. The third-order valence-electron chi connectivity index (χ3n) is 2.32. The molecule has 16 heavy (non-hydrogen) atoms. The van der Waals surface area contributed by atoms with Crippen molar-refractivity contribution < 1.29 is 18.0 Å². The highest BCUT2D eigenvalue weighted by molar-refractivity contribution is 5.72. The van der Waals surface area contributed by atoms with Gasteiger partial charge in [-0.25, -0.2) is 4.79 Å². The maximum Gasteiger partial charge on any atom is 0.451 e. The lowest BCUT2D eigenvalue weighted by atomic mass is 10.3. The van der Waals surface area contributed by atoms with Gasteiger partial charge in [-0.2, -0.15) is 13.2 Å². The molecule has 0 bridgehead atoms. The largest absolute Gasteiger partial charge is 0.451 e. The molecule has 0 radical (unpaired) electrons. The molecule has 0 unspecified atom stereocenters. The van der Waals surface area contributed by atoms with E-state index in [1.54, 1.807) is 0 Å². The molecule has 2 heterocycles. The highest BCUT2D eigenvalue weighted by Gasteiger charge is 2.39. The Morgan fingerprint density at radius 1 is 1.31 bits per heavy atom. The Morgan fingerprint density at radius 2 is 2.00 bits per heavy atom. The van der Waals surface area contributed by atoms with Crippen molar-refractivity contribution in [1.29, 1.82) is 0 Å². The molecule has 0 spiro atoms. The summed E-state index contributed by atoms with van der Waals surface area (Å²) in [7, 11) is 0. The van der Waals surface area contributed by atoms with Crippen LogP contribution in [0.2, 0.25) is 0 Å². The van der Waals surface area contributed by atoms with Crippen molar-refractivity contribution in [3.63, 3.8) is 0 Å². The Morgan fingerprint density at radius 3 is 2.56 bits per heavy atom. The van der Waals surface area contributed by atoms with Gasteiger partial charge in [0.05, 0.1) is 6.54 Å². The van der Waals surface area contributed by atoms with Crippen molar-refractivity contribution >= 4 is 6.03 Å². The molecule has 2 rings (SSSR count). The summed E-state index contributed by atoms with van der Waals surface area (Å²) in [5, 5.41) is 6.47. The molecule has 2 amide bonds. The highest BCUT2D eigenvalue weighted by Crippen LogP contribution is 2.29. The molecule has 0 aliphatic carbocycles. The molecule has 0 fully saturated rings. The van der Waals surface area contributed by atoms with E-state index in [1.165, 1.54) is 4.90 Å². The Kier molecular flexibility index (Phi) is 2.25. The number of aromatic nitrogens is 3. The van der Waals surface area contributed by atoms with Crippen LogP contribution in [0.4, 0.5) is 18.0 Å². The summed E-state index contributed by atoms with van der Waals surface area (Å²) in [6.07, 6.45) is -4.53. The molecule has 1 aliphatic heterocycles. The Balaban J connectivity index is 2.31. The van der Waals surface area contributed by atoms with E-state index in [2.05, 4.69) is 10.2 Å². The van der Waals surface area contributed by atoms with Gasteiger partial charge in [-0.05, 0) is 0 Å². The van der Waals surface area contributed by atoms with Crippen LogP contribution in [0.15, 0.2) is 0 Å². The third kappa shape index (κ3) is 1.68. The molecule has 1 aliphatic rings. The van der Waals surface area contributed by atoms with Crippen LogP contribution in [-0.4, -0.2) is 32.2 Å². The second kappa shape index (κ2) is 3.35. The average molecular weight is 235 g/mol. The molecule has 1 aromatic heterocycles. The van der Waals surface area contributed by atoms with Crippen molar-refractivity contribution in [2.75, 3.05) is 6.54 Å². The van der Waals surface area contributed by atoms with Crippen LogP contribution in [0.1, 0.15) is 11.6 Å². The number of urea groups is 1. The second-order valence-electron chi connectivity index (χ2n) is 3.35. The summed E-state index contributed by atoms with van der Waals surface area (Å²) < 4.78 is 38.3. The number of hydrogen-bond donors (Lipinski definition) is 1. The van der Waals surface area contributed by atoms with E-state index in [9.17, 15) is 18.0 Å². The quantitative estimate of drug-likeness (QED) is 0.697. The van der Waals surface area contributed by atoms with Crippen molar-refractivity contribution in [3.8, 4) is 0 Å². The summed E-state index contributed by atoms with van der Waals surface area (Å²) in [6.45, 7) is 0.0853. The van der Waals surface area contributed by atoms with E-state index in [0.29, 0.717) is 0 Å². The van der Waals surface area contributed by atoms with E-state index in [-0.39, 0.29) is 25.5 Å². The third-order valence-corrected chi connectivity index (χ3v) is 2.32. The second-order valence-corrected chi connectivity index (χ2v) is 3.35. The monoisotopic (exact) mass is 235 g/mol. The molecule has 88 valence electrons. The molecular weight excluding hydrogens is 227 g/mol. The first-order valence-corrected chi connectivity index (χ1v) is 4.43. The number of alkyl halides is 3. The minimum atomic E-state index is -4.53.